The Hall–Kier alpha value is -3.68. The van der Waals surface area contributed by atoms with Crippen molar-refractivity contribution in [1.82, 2.24) is 0 Å². The molecule has 0 aromatic carbocycles. The van der Waals surface area contributed by atoms with Crippen molar-refractivity contribution in [2.24, 2.45) is 5.92 Å². The van der Waals surface area contributed by atoms with E-state index >= 15 is 0 Å². The van der Waals surface area contributed by atoms with Crippen LogP contribution in [0.4, 0.5) is 0 Å². The van der Waals surface area contributed by atoms with E-state index in [0.717, 1.165) is 0 Å². The van der Waals surface area contributed by atoms with Gasteiger partial charge in [-0.3, -0.25) is 9.59 Å². The fourth-order valence-corrected chi connectivity index (χ4v) is 4.02. The smallest absolute Gasteiger partial charge is 0.457 e. The summed E-state index contributed by atoms with van der Waals surface area (Å²) in [6.45, 7) is 3.32. The molecule has 37 heavy (non-hydrogen) atoms. The molecular weight excluding hydrogens is 523 g/mol. The van der Waals surface area contributed by atoms with E-state index in [9.17, 15) is 28.9 Å². The lowest BCUT2D eigenvalue weighted by molar-refractivity contribution is -0.151. The summed E-state index contributed by atoms with van der Waals surface area (Å²) >= 11 is 0. The van der Waals surface area contributed by atoms with Crippen molar-refractivity contribution in [2.45, 2.75) is 53.4 Å². The van der Waals surface area contributed by atoms with E-state index in [1.54, 1.807) is 0 Å². The number of esters is 2. The summed E-state index contributed by atoms with van der Waals surface area (Å²) < 4.78 is 43.9. The quantitative estimate of drug-likeness (QED) is 0.240. The topological polar surface area (TPSA) is 212 Å². The summed E-state index contributed by atoms with van der Waals surface area (Å²) in [7, 11) is -2.23. The molecule has 3 aromatic heterocycles. The highest BCUT2D eigenvalue weighted by Crippen LogP contribution is 2.37. The summed E-state index contributed by atoms with van der Waals surface area (Å²) in [5.41, 5.74) is 0. The second-order valence-corrected chi connectivity index (χ2v) is 8.94. The largest absolute Gasteiger partial charge is 0.519 e. The standard InChI is InChI=1S/C21H23O15P/c1-10-14(34-19(24)31-10)6-28-17(22)5-4-13(18(23)29-7-15-11(2)32-20(25)35-15)9-37(27)30-8-16-12(3)33-21(26)36-16/h13,27H,4-9H2,1-3H3. The predicted molar refractivity (Wildman–Crippen MR) is 117 cm³/mol. The maximum absolute atomic E-state index is 12.7. The van der Waals surface area contributed by atoms with Gasteiger partial charge in [0.05, 0.1) is 5.92 Å². The molecule has 15 nitrogen and oxygen atoms in total. The van der Waals surface area contributed by atoms with Crippen molar-refractivity contribution in [3.8, 4) is 0 Å². The van der Waals surface area contributed by atoms with Crippen molar-refractivity contribution < 1.29 is 55.0 Å². The van der Waals surface area contributed by atoms with Gasteiger partial charge in [-0.15, -0.1) is 0 Å². The number of carbonyl (C=O) groups is 2. The zero-order chi connectivity index (χ0) is 27.1. The van der Waals surface area contributed by atoms with Gasteiger partial charge in [-0.05, 0) is 27.2 Å². The minimum Gasteiger partial charge on any atom is -0.457 e. The van der Waals surface area contributed by atoms with Gasteiger partial charge in [0.1, 0.15) is 12.4 Å². The Labute approximate surface area is 207 Å². The van der Waals surface area contributed by atoms with Gasteiger partial charge in [0.2, 0.25) is 0 Å². The molecule has 0 amide bonds. The van der Waals surface area contributed by atoms with Gasteiger partial charge in [0.25, 0.3) is 0 Å². The van der Waals surface area contributed by atoms with Crippen LogP contribution in [-0.4, -0.2) is 23.0 Å². The lowest BCUT2D eigenvalue weighted by Crippen LogP contribution is -2.22. The van der Waals surface area contributed by atoms with Gasteiger partial charge in [-0.2, -0.15) is 0 Å². The molecule has 0 aliphatic heterocycles. The third-order valence-corrected chi connectivity index (χ3v) is 6.15. The molecule has 0 radical (unpaired) electrons. The summed E-state index contributed by atoms with van der Waals surface area (Å²) in [6.07, 6.45) is -0.616. The maximum Gasteiger partial charge on any atom is 0.519 e. The van der Waals surface area contributed by atoms with Crippen molar-refractivity contribution in [2.75, 3.05) is 6.16 Å². The van der Waals surface area contributed by atoms with Crippen LogP contribution < -0.4 is 17.5 Å². The lowest BCUT2D eigenvalue weighted by Gasteiger charge is -2.18. The molecule has 3 rings (SSSR count). The van der Waals surface area contributed by atoms with E-state index in [2.05, 4.69) is 4.42 Å². The first kappa shape index (κ1) is 27.9. The van der Waals surface area contributed by atoms with E-state index in [1.165, 1.54) is 20.8 Å². The van der Waals surface area contributed by atoms with E-state index in [4.69, 9.17) is 36.1 Å². The Morgan fingerprint density at radius 3 is 1.68 bits per heavy atom. The van der Waals surface area contributed by atoms with E-state index in [0.29, 0.717) is 0 Å². The fraction of sp³-hybridized carbons (Fsp3) is 0.476. The number of carbonyl (C=O) groups excluding carboxylic acids is 2. The van der Waals surface area contributed by atoms with Crippen LogP contribution in [0.3, 0.4) is 0 Å². The summed E-state index contributed by atoms with van der Waals surface area (Å²) in [4.78, 5) is 68.7. The highest BCUT2D eigenvalue weighted by Gasteiger charge is 2.27. The monoisotopic (exact) mass is 546 g/mol. The van der Waals surface area contributed by atoms with Gasteiger partial charge < -0.3 is 45.4 Å². The zero-order valence-corrected chi connectivity index (χ0v) is 20.8. The number of ether oxygens (including phenoxy) is 2. The minimum absolute atomic E-state index is 0.00135. The predicted octanol–water partition coefficient (Wildman–Crippen LogP) is 1.95. The van der Waals surface area contributed by atoms with Crippen LogP contribution in [0, 0.1) is 26.7 Å². The van der Waals surface area contributed by atoms with Crippen LogP contribution in [0.2, 0.25) is 0 Å². The molecule has 0 bridgehead atoms. The highest BCUT2D eigenvalue weighted by atomic mass is 31.2. The van der Waals surface area contributed by atoms with Gasteiger partial charge in [-0.25, -0.2) is 14.4 Å². The Bertz CT molecular complexity index is 1380. The van der Waals surface area contributed by atoms with Crippen molar-refractivity contribution >= 4 is 20.3 Å². The average molecular weight is 546 g/mol. The average Bonchev–Trinajstić information content (AvgIpc) is 3.45. The van der Waals surface area contributed by atoms with E-state index < -0.39 is 50.3 Å². The molecule has 0 aliphatic carbocycles. The Morgan fingerprint density at radius 2 is 1.22 bits per heavy atom. The molecule has 2 unspecified atom stereocenters. The molecule has 0 saturated carbocycles. The minimum atomic E-state index is -2.23. The van der Waals surface area contributed by atoms with E-state index in [-0.39, 0.29) is 66.8 Å². The van der Waals surface area contributed by atoms with Crippen LogP contribution in [0.1, 0.15) is 47.4 Å². The Balaban J connectivity index is 1.58. The molecule has 3 aromatic rings. The first-order chi connectivity index (χ1) is 17.5. The summed E-state index contributed by atoms with van der Waals surface area (Å²) in [5.74, 6) is -4.82. The second-order valence-electron chi connectivity index (χ2n) is 7.61. The van der Waals surface area contributed by atoms with Crippen LogP contribution in [0.25, 0.3) is 0 Å². The molecule has 0 fully saturated rings. The molecule has 202 valence electrons. The Kier molecular flexibility index (Phi) is 9.44. The molecule has 0 spiro atoms. The summed E-state index contributed by atoms with van der Waals surface area (Å²) in [6, 6.07) is 0. The molecule has 3 heterocycles. The van der Waals surface area contributed by atoms with Gasteiger partial charge >= 0.3 is 29.4 Å². The van der Waals surface area contributed by atoms with Crippen molar-refractivity contribution in [3.63, 3.8) is 0 Å². The third-order valence-electron chi connectivity index (χ3n) is 4.97. The number of aryl methyl sites for hydroxylation is 3. The molecule has 16 heteroatoms. The maximum atomic E-state index is 12.7. The van der Waals surface area contributed by atoms with Crippen LogP contribution >= 0.6 is 8.38 Å². The lowest BCUT2D eigenvalue weighted by atomic mass is 10.1. The molecule has 2 atom stereocenters. The van der Waals surface area contributed by atoms with Gasteiger partial charge in [0.15, 0.2) is 50.4 Å². The molecule has 1 N–H and O–H groups in total. The fourth-order valence-electron chi connectivity index (χ4n) is 2.94. The van der Waals surface area contributed by atoms with Crippen LogP contribution in [0.15, 0.2) is 40.9 Å². The Morgan fingerprint density at radius 1 is 0.757 bits per heavy atom. The third kappa shape index (κ3) is 8.17. The second kappa shape index (κ2) is 12.5. The van der Waals surface area contributed by atoms with Crippen LogP contribution in [0.5, 0.6) is 0 Å². The first-order valence-corrected chi connectivity index (χ1v) is 12.1. The number of hydrogen-bond acceptors (Lipinski definition) is 15. The van der Waals surface area contributed by atoms with Crippen molar-refractivity contribution in [3.05, 3.63) is 66.4 Å². The van der Waals surface area contributed by atoms with Gasteiger partial charge in [-0.1, -0.05) is 0 Å². The molecular formula is C21H23O15P. The van der Waals surface area contributed by atoms with E-state index in [1.807, 2.05) is 0 Å². The highest BCUT2D eigenvalue weighted by molar-refractivity contribution is 7.46. The normalized spacial score (nSPS) is 12.9. The van der Waals surface area contributed by atoms with Crippen molar-refractivity contribution in [1.29, 1.82) is 0 Å². The summed E-state index contributed by atoms with van der Waals surface area (Å²) in [5, 5.41) is 0. The number of rotatable bonds is 13. The van der Waals surface area contributed by atoms with Crippen LogP contribution in [-0.2, 0) is 43.4 Å². The first-order valence-electron chi connectivity index (χ1n) is 10.7. The zero-order valence-electron chi connectivity index (χ0n) is 19.9. The SMILES string of the molecule is Cc1oc(=O)oc1COC(=O)CCC(CP(O)OCc1oc(=O)oc1C)C(=O)OCc1oc(=O)oc1C. The molecule has 0 saturated heterocycles. The van der Waals surface area contributed by atoms with Gasteiger partial charge in [0, 0.05) is 12.6 Å². The number of hydrogen-bond donors (Lipinski definition) is 1. The molecule has 0 aliphatic rings.